The highest BCUT2D eigenvalue weighted by atomic mass is 31.2. The zero-order valence-corrected chi connectivity index (χ0v) is 9.75. The van der Waals surface area contributed by atoms with Crippen LogP contribution in [0.15, 0.2) is 0 Å². The molecule has 0 aromatic carbocycles. The lowest BCUT2D eigenvalue weighted by Crippen LogP contribution is -2.41. The zero-order chi connectivity index (χ0) is 11.2. The average Bonchev–Trinajstić information content (AvgIpc) is 1.94. The second kappa shape index (κ2) is 3.32. The van der Waals surface area contributed by atoms with Crippen LogP contribution in [0.3, 0.4) is 0 Å². The standard InChI is InChI=1S/C7H16BO5P/c1-6(2)7(3,4)13-8(12-6)5-14(9,10)11/h5H2,1-4H3,(H2,9,10,11). The maximum absolute atomic E-state index is 10.7. The van der Waals surface area contributed by atoms with Gasteiger partial charge in [0.1, 0.15) is 0 Å². The zero-order valence-electron chi connectivity index (χ0n) is 8.85. The smallest absolute Gasteiger partial charge is 0.403 e. The van der Waals surface area contributed by atoms with E-state index in [1.807, 2.05) is 27.7 Å². The Bertz CT molecular complexity index is 255. The molecular formula is C7H16BO5P. The van der Waals surface area contributed by atoms with Gasteiger partial charge in [-0.1, -0.05) is 0 Å². The van der Waals surface area contributed by atoms with Crippen LogP contribution in [-0.2, 0) is 13.9 Å². The van der Waals surface area contributed by atoms with Gasteiger partial charge in [0.15, 0.2) is 0 Å². The van der Waals surface area contributed by atoms with Crippen LogP contribution in [0.2, 0.25) is 0 Å². The van der Waals surface area contributed by atoms with Crippen molar-refractivity contribution in [2.45, 2.75) is 38.9 Å². The van der Waals surface area contributed by atoms with Crippen molar-refractivity contribution in [1.29, 1.82) is 0 Å². The Morgan fingerprint density at radius 3 is 1.79 bits per heavy atom. The van der Waals surface area contributed by atoms with E-state index < -0.39 is 25.9 Å². The number of hydrogen-bond acceptors (Lipinski definition) is 3. The molecule has 0 radical (unpaired) electrons. The molecule has 0 aliphatic carbocycles. The van der Waals surface area contributed by atoms with E-state index in [9.17, 15) is 4.57 Å². The van der Waals surface area contributed by atoms with E-state index in [0.717, 1.165) is 0 Å². The molecule has 1 heterocycles. The van der Waals surface area contributed by atoms with Crippen LogP contribution in [0, 0.1) is 0 Å². The molecule has 0 spiro atoms. The lowest BCUT2D eigenvalue weighted by atomic mass is 9.90. The van der Waals surface area contributed by atoms with Crippen molar-refractivity contribution in [1.82, 2.24) is 0 Å². The minimum Gasteiger partial charge on any atom is -0.403 e. The molecule has 0 atom stereocenters. The molecular weight excluding hydrogens is 206 g/mol. The van der Waals surface area contributed by atoms with Crippen molar-refractivity contribution >= 4 is 14.7 Å². The molecule has 5 nitrogen and oxygen atoms in total. The quantitative estimate of drug-likeness (QED) is 0.533. The Morgan fingerprint density at radius 2 is 1.50 bits per heavy atom. The molecule has 14 heavy (non-hydrogen) atoms. The van der Waals surface area contributed by atoms with Crippen LogP contribution in [0.5, 0.6) is 0 Å². The summed E-state index contributed by atoms with van der Waals surface area (Å²) in [7, 11) is -4.90. The van der Waals surface area contributed by atoms with Crippen LogP contribution in [0.25, 0.3) is 0 Å². The summed E-state index contributed by atoms with van der Waals surface area (Å²) in [6.45, 7) is 7.36. The fraction of sp³-hybridized carbons (Fsp3) is 1.00. The van der Waals surface area contributed by atoms with Gasteiger partial charge in [-0.25, -0.2) is 0 Å². The lowest BCUT2D eigenvalue weighted by molar-refractivity contribution is 0.00578. The molecule has 0 aromatic heterocycles. The van der Waals surface area contributed by atoms with Crippen molar-refractivity contribution in [2.75, 3.05) is 6.06 Å². The summed E-state index contributed by atoms with van der Waals surface area (Å²) in [6.07, 6.45) is 0. The second-order valence-corrected chi connectivity index (χ2v) is 6.23. The molecule has 1 aliphatic rings. The maximum Gasteiger partial charge on any atom is 0.470 e. The third-order valence-corrected chi connectivity index (χ3v) is 3.46. The Labute approximate surface area is 84.1 Å². The van der Waals surface area contributed by atoms with E-state index in [-0.39, 0.29) is 6.06 Å². The maximum atomic E-state index is 10.7. The first kappa shape index (κ1) is 12.2. The highest BCUT2D eigenvalue weighted by Crippen LogP contribution is 2.42. The van der Waals surface area contributed by atoms with Gasteiger partial charge in [0.05, 0.1) is 17.3 Å². The molecule has 0 saturated carbocycles. The minimum absolute atomic E-state index is 0.389. The Kier molecular flexibility index (Phi) is 2.89. The van der Waals surface area contributed by atoms with E-state index in [2.05, 4.69) is 0 Å². The summed E-state index contributed by atoms with van der Waals surface area (Å²) in [5.41, 5.74) is -1.07. The summed E-state index contributed by atoms with van der Waals surface area (Å²) < 4.78 is 21.6. The predicted molar refractivity (Wildman–Crippen MR) is 53.0 cm³/mol. The predicted octanol–water partition coefficient (Wildman–Crippen LogP) is 0.795. The fourth-order valence-corrected chi connectivity index (χ4v) is 1.77. The van der Waals surface area contributed by atoms with Gasteiger partial charge in [-0.3, -0.25) is 4.57 Å². The van der Waals surface area contributed by atoms with Crippen molar-refractivity contribution < 1.29 is 23.7 Å². The van der Waals surface area contributed by atoms with Crippen molar-refractivity contribution in [2.24, 2.45) is 0 Å². The van der Waals surface area contributed by atoms with Crippen LogP contribution < -0.4 is 0 Å². The number of rotatable bonds is 2. The first-order valence-corrected chi connectivity index (χ1v) is 6.23. The van der Waals surface area contributed by atoms with E-state index in [4.69, 9.17) is 19.1 Å². The van der Waals surface area contributed by atoms with E-state index in [1.54, 1.807) is 0 Å². The summed E-state index contributed by atoms with van der Waals surface area (Å²) in [5, 5.41) is 0. The lowest BCUT2D eigenvalue weighted by Gasteiger charge is -2.32. The first-order valence-electron chi connectivity index (χ1n) is 4.44. The van der Waals surface area contributed by atoms with E-state index in [0.29, 0.717) is 0 Å². The van der Waals surface area contributed by atoms with Crippen LogP contribution in [0.4, 0.5) is 0 Å². The van der Waals surface area contributed by atoms with Crippen LogP contribution in [0.1, 0.15) is 27.7 Å². The molecule has 1 saturated heterocycles. The van der Waals surface area contributed by atoms with Crippen LogP contribution >= 0.6 is 7.60 Å². The average molecular weight is 222 g/mol. The van der Waals surface area contributed by atoms with Gasteiger partial charge in [-0.05, 0) is 27.7 Å². The van der Waals surface area contributed by atoms with Gasteiger partial charge in [-0.15, -0.1) is 0 Å². The largest absolute Gasteiger partial charge is 0.470 e. The Hall–Kier alpha value is 0.135. The second-order valence-electron chi connectivity index (χ2n) is 4.53. The third kappa shape index (κ3) is 2.58. The summed E-state index contributed by atoms with van der Waals surface area (Å²) >= 11 is 0. The molecule has 0 aromatic rings. The van der Waals surface area contributed by atoms with Gasteiger partial charge in [0.2, 0.25) is 0 Å². The topological polar surface area (TPSA) is 76.0 Å². The fourth-order valence-electron chi connectivity index (χ4n) is 1.23. The molecule has 0 unspecified atom stereocenters. The highest BCUT2D eigenvalue weighted by molar-refractivity contribution is 7.54. The van der Waals surface area contributed by atoms with E-state index >= 15 is 0 Å². The van der Waals surface area contributed by atoms with Gasteiger partial charge in [0.25, 0.3) is 0 Å². The molecule has 2 N–H and O–H groups in total. The van der Waals surface area contributed by atoms with E-state index in [1.165, 1.54) is 0 Å². The highest BCUT2D eigenvalue weighted by Gasteiger charge is 2.52. The minimum atomic E-state index is -4.08. The van der Waals surface area contributed by atoms with Crippen LogP contribution in [-0.4, -0.2) is 34.2 Å². The molecule has 1 rings (SSSR count). The SMILES string of the molecule is CC1(C)OB(CP(=O)(O)O)OC1(C)C. The van der Waals surface area contributed by atoms with Gasteiger partial charge in [0, 0.05) is 0 Å². The molecule has 1 aliphatic heterocycles. The molecule has 0 bridgehead atoms. The van der Waals surface area contributed by atoms with Gasteiger partial charge < -0.3 is 19.1 Å². The van der Waals surface area contributed by atoms with Crippen molar-refractivity contribution in [3.8, 4) is 0 Å². The van der Waals surface area contributed by atoms with Gasteiger partial charge in [-0.2, -0.15) is 0 Å². The summed E-state index contributed by atoms with van der Waals surface area (Å²) in [6, 6.07) is -0.389. The summed E-state index contributed by atoms with van der Waals surface area (Å²) in [5.74, 6) is 0. The van der Waals surface area contributed by atoms with Crippen molar-refractivity contribution in [3.05, 3.63) is 0 Å². The Balaban J connectivity index is 2.69. The normalized spacial score (nSPS) is 25.4. The molecule has 82 valence electrons. The first-order chi connectivity index (χ1) is 6.04. The van der Waals surface area contributed by atoms with Gasteiger partial charge >= 0.3 is 14.7 Å². The molecule has 0 amide bonds. The van der Waals surface area contributed by atoms with Crippen molar-refractivity contribution in [3.63, 3.8) is 0 Å². The molecule has 1 fully saturated rings. The number of hydrogen-bond donors (Lipinski definition) is 2. The molecule has 7 heteroatoms. The Morgan fingerprint density at radius 1 is 1.14 bits per heavy atom. The summed E-state index contributed by atoms with van der Waals surface area (Å²) in [4.78, 5) is 17.5. The third-order valence-electron chi connectivity index (χ3n) is 2.69. The monoisotopic (exact) mass is 222 g/mol.